The number of benzene rings is 1. The largest absolute Gasteiger partial charge is 0.380 e. The Morgan fingerprint density at radius 1 is 1.35 bits per heavy atom. The third-order valence-electron chi connectivity index (χ3n) is 3.31. The molecular formula is C16H20N2OS. The van der Waals surface area contributed by atoms with Gasteiger partial charge in [-0.05, 0) is 41.6 Å². The summed E-state index contributed by atoms with van der Waals surface area (Å²) < 4.78 is 0. The summed E-state index contributed by atoms with van der Waals surface area (Å²) in [5.41, 5.74) is 3.55. The first-order valence-corrected chi connectivity index (χ1v) is 7.51. The van der Waals surface area contributed by atoms with Crippen molar-refractivity contribution in [3.8, 4) is 0 Å². The maximum Gasteiger partial charge on any atom is 0.219 e. The second kappa shape index (κ2) is 6.57. The van der Waals surface area contributed by atoms with Crippen molar-refractivity contribution in [2.75, 3.05) is 12.4 Å². The van der Waals surface area contributed by atoms with Crippen molar-refractivity contribution in [3.05, 3.63) is 51.7 Å². The molecule has 1 aromatic carbocycles. The second-order valence-electron chi connectivity index (χ2n) is 4.96. The van der Waals surface area contributed by atoms with Crippen molar-refractivity contribution < 1.29 is 4.79 Å². The molecule has 0 saturated carbocycles. The summed E-state index contributed by atoms with van der Waals surface area (Å²) in [6.45, 7) is 5.20. The molecular weight excluding hydrogens is 268 g/mol. The number of thiophene rings is 1. The molecule has 1 N–H and O–H groups in total. The van der Waals surface area contributed by atoms with Crippen LogP contribution in [0.3, 0.4) is 0 Å². The van der Waals surface area contributed by atoms with E-state index >= 15 is 0 Å². The van der Waals surface area contributed by atoms with Crippen LogP contribution in [-0.4, -0.2) is 17.9 Å². The molecule has 2 rings (SSSR count). The van der Waals surface area contributed by atoms with Gasteiger partial charge in [0.15, 0.2) is 0 Å². The lowest BCUT2D eigenvalue weighted by molar-refractivity contribution is -0.128. The molecule has 0 unspecified atom stereocenters. The SMILES string of the molecule is CC(=O)N(C)Cc1cccc(NCc2sccc2C)c1. The van der Waals surface area contributed by atoms with Gasteiger partial charge in [-0.15, -0.1) is 11.3 Å². The van der Waals surface area contributed by atoms with Crippen molar-refractivity contribution in [2.24, 2.45) is 0 Å². The number of hydrogen-bond acceptors (Lipinski definition) is 3. The first-order chi connectivity index (χ1) is 9.56. The van der Waals surface area contributed by atoms with Crippen LogP contribution in [0.1, 0.15) is 22.9 Å². The number of amides is 1. The van der Waals surface area contributed by atoms with E-state index in [1.165, 1.54) is 10.4 Å². The van der Waals surface area contributed by atoms with Crippen LogP contribution < -0.4 is 5.32 Å². The fraction of sp³-hybridized carbons (Fsp3) is 0.312. The maximum atomic E-state index is 11.3. The highest BCUT2D eigenvalue weighted by molar-refractivity contribution is 7.10. The van der Waals surface area contributed by atoms with Crippen molar-refractivity contribution in [3.63, 3.8) is 0 Å². The van der Waals surface area contributed by atoms with Crippen LogP contribution in [0.2, 0.25) is 0 Å². The van der Waals surface area contributed by atoms with Crippen molar-refractivity contribution in [2.45, 2.75) is 26.9 Å². The van der Waals surface area contributed by atoms with Gasteiger partial charge >= 0.3 is 0 Å². The molecule has 0 bridgehead atoms. The summed E-state index contributed by atoms with van der Waals surface area (Å²) in [7, 11) is 1.82. The maximum absolute atomic E-state index is 11.3. The zero-order chi connectivity index (χ0) is 14.5. The fourth-order valence-corrected chi connectivity index (χ4v) is 2.78. The summed E-state index contributed by atoms with van der Waals surface area (Å²) in [4.78, 5) is 14.3. The topological polar surface area (TPSA) is 32.3 Å². The average molecular weight is 288 g/mol. The van der Waals surface area contributed by atoms with Crippen molar-refractivity contribution in [1.82, 2.24) is 4.90 Å². The van der Waals surface area contributed by atoms with E-state index < -0.39 is 0 Å². The van der Waals surface area contributed by atoms with E-state index in [-0.39, 0.29) is 5.91 Å². The third-order valence-corrected chi connectivity index (χ3v) is 4.33. The predicted octanol–water partition coefficient (Wildman–Crippen LogP) is 3.65. The summed E-state index contributed by atoms with van der Waals surface area (Å²) >= 11 is 1.77. The molecule has 20 heavy (non-hydrogen) atoms. The number of aryl methyl sites for hydroxylation is 1. The Hall–Kier alpha value is -1.81. The van der Waals surface area contributed by atoms with E-state index in [0.717, 1.165) is 17.8 Å². The summed E-state index contributed by atoms with van der Waals surface area (Å²) in [6.07, 6.45) is 0. The van der Waals surface area contributed by atoms with E-state index in [1.807, 2.05) is 19.2 Å². The molecule has 4 heteroatoms. The van der Waals surface area contributed by atoms with E-state index in [1.54, 1.807) is 23.2 Å². The Morgan fingerprint density at radius 2 is 2.15 bits per heavy atom. The van der Waals surface area contributed by atoms with Crippen LogP contribution >= 0.6 is 11.3 Å². The molecule has 0 aliphatic heterocycles. The van der Waals surface area contributed by atoms with Gasteiger partial charge in [-0.1, -0.05) is 12.1 Å². The van der Waals surface area contributed by atoms with Gasteiger partial charge in [0.1, 0.15) is 0 Å². The molecule has 0 spiro atoms. The quantitative estimate of drug-likeness (QED) is 0.911. The smallest absolute Gasteiger partial charge is 0.219 e. The zero-order valence-electron chi connectivity index (χ0n) is 12.1. The Kier molecular flexibility index (Phi) is 4.79. The van der Waals surface area contributed by atoms with Crippen LogP contribution in [0.4, 0.5) is 5.69 Å². The standard InChI is InChI=1S/C16H20N2OS/c1-12-7-8-20-16(12)10-17-15-6-4-5-14(9-15)11-18(3)13(2)19/h4-9,17H,10-11H2,1-3H3. The molecule has 1 heterocycles. The number of nitrogens with zero attached hydrogens (tertiary/aromatic N) is 1. The first kappa shape index (κ1) is 14.6. The molecule has 1 aromatic heterocycles. The zero-order valence-corrected chi connectivity index (χ0v) is 13.0. The van der Waals surface area contributed by atoms with Crippen LogP contribution in [0.15, 0.2) is 35.7 Å². The van der Waals surface area contributed by atoms with Gasteiger partial charge in [-0.3, -0.25) is 4.79 Å². The van der Waals surface area contributed by atoms with Gasteiger partial charge in [-0.25, -0.2) is 0 Å². The monoisotopic (exact) mass is 288 g/mol. The second-order valence-corrected chi connectivity index (χ2v) is 5.96. The highest BCUT2D eigenvalue weighted by atomic mass is 32.1. The Balaban J connectivity index is 1.99. The molecule has 106 valence electrons. The van der Waals surface area contributed by atoms with E-state index in [9.17, 15) is 4.79 Å². The van der Waals surface area contributed by atoms with E-state index in [4.69, 9.17) is 0 Å². The predicted molar refractivity (Wildman–Crippen MR) is 85.0 cm³/mol. The molecule has 3 nitrogen and oxygen atoms in total. The first-order valence-electron chi connectivity index (χ1n) is 6.64. The minimum atomic E-state index is 0.0811. The number of rotatable bonds is 5. The minimum Gasteiger partial charge on any atom is -0.380 e. The molecule has 0 saturated heterocycles. The molecule has 1 amide bonds. The van der Waals surface area contributed by atoms with Gasteiger partial charge in [-0.2, -0.15) is 0 Å². The fourth-order valence-electron chi connectivity index (χ4n) is 1.93. The number of hydrogen-bond donors (Lipinski definition) is 1. The lowest BCUT2D eigenvalue weighted by Crippen LogP contribution is -2.22. The molecule has 0 aliphatic rings. The van der Waals surface area contributed by atoms with Crippen LogP contribution in [0.25, 0.3) is 0 Å². The van der Waals surface area contributed by atoms with Gasteiger partial charge in [0.25, 0.3) is 0 Å². The lowest BCUT2D eigenvalue weighted by atomic mass is 10.2. The van der Waals surface area contributed by atoms with Gasteiger partial charge < -0.3 is 10.2 Å². The molecule has 0 atom stereocenters. The highest BCUT2D eigenvalue weighted by Crippen LogP contribution is 2.18. The minimum absolute atomic E-state index is 0.0811. The number of carbonyl (C=O) groups excluding carboxylic acids is 1. The summed E-state index contributed by atoms with van der Waals surface area (Å²) in [6, 6.07) is 10.4. The van der Waals surface area contributed by atoms with Gasteiger partial charge in [0.2, 0.25) is 5.91 Å². The summed E-state index contributed by atoms with van der Waals surface area (Å²) in [5.74, 6) is 0.0811. The van der Waals surface area contributed by atoms with Crippen LogP contribution in [0, 0.1) is 6.92 Å². The van der Waals surface area contributed by atoms with Crippen molar-refractivity contribution in [1.29, 1.82) is 0 Å². The molecule has 0 fully saturated rings. The number of anilines is 1. The average Bonchev–Trinajstić information content (AvgIpc) is 2.82. The van der Waals surface area contributed by atoms with Crippen LogP contribution in [0.5, 0.6) is 0 Å². The Morgan fingerprint density at radius 3 is 2.80 bits per heavy atom. The van der Waals surface area contributed by atoms with Crippen LogP contribution in [-0.2, 0) is 17.9 Å². The van der Waals surface area contributed by atoms with Gasteiger partial charge in [0.05, 0.1) is 0 Å². The Labute approximate surface area is 124 Å². The highest BCUT2D eigenvalue weighted by Gasteiger charge is 2.04. The van der Waals surface area contributed by atoms with Crippen molar-refractivity contribution >= 4 is 22.9 Å². The van der Waals surface area contributed by atoms with Gasteiger partial charge in [0, 0.05) is 37.6 Å². The molecule has 0 aliphatic carbocycles. The summed E-state index contributed by atoms with van der Waals surface area (Å²) in [5, 5.41) is 5.55. The molecule has 0 radical (unpaired) electrons. The number of nitrogens with one attached hydrogen (secondary N) is 1. The van der Waals surface area contributed by atoms with E-state index in [0.29, 0.717) is 6.54 Å². The lowest BCUT2D eigenvalue weighted by Gasteiger charge is -2.15. The molecule has 2 aromatic rings. The third kappa shape index (κ3) is 3.84. The normalized spacial score (nSPS) is 10.3. The van der Waals surface area contributed by atoms with E-state index in [2.05, 4.69) is 35.8 Å². The number of carbonyl (C=O) groups is 1. The Bertz CT molecular complexity index is 592.